The molecule has 1 heterocycles. The molecule has 1 aromatic heterocycles. The highest BCUT2D eigenvalue weighted by molar-refractivity contribution is 5.89. The second kappa shape index (κ2) is 7.60. The summed E-state index contributed by atoms with van der Waals surface area (Å²) in [6.45, 7) is 1.97. The number of nitrogens with one attached hydrogen (secondary N) is 4. The van der Waals surface area contributed by atoms with Crippen LogP contribution >= 0.6 is 0 Å². The second-order valence-corrected chi connectivity index (χ2v) is 5.75. The second-order valence-electron chi connectivity index (χ2n) is 5.75. The Labute approximate surface area is 151 Å². The van der Waals surface area contributed by atoms with Crippen LogP contribution in [0.25, 0.3) is 11.3 Å². The van der Waals surface area contributed by atoms with E-state index in [9.17, 15) is 4.79 Å². The zero-order valence-corrected chi connectivity index (χ0v) is 14.9. The molecule has 134 valence electrons. The number of carbonyl (C=O) groups excluding carboxylic acids is 1. The van der Waals surface area contributed by atoms with E-state index in [4.69, 9.17) is 4.74 Å². The van der Waals surface area contributed by atoms with E-state index in [0.29, 0.717) is 5.82 Å². The van der Waals surface area contributed by atoms with Gasteiger partial charge in [-0.05, 0) is 60.5 Å². The monoisotopic (exact) mass is 351 g/mol. The number of rotatable bonds is 5. The third-order valence-corrected chi connectivity index (χ3v) is 3.95. The Hall–Kier alpha value is -3.48. The number of aryl methyl sites for hydroxylation is 1. The largest absolute Gasteiger partial charge is 0.497 e. The van der Waals surface area contributed by atoms with Gasteiger partial charge in [0.2, 0.25) is 0 Å². The quantitative estimate of drug-likeness (QED) is 0.561. The highest BCUT2D eigenvalue weighted by Gasteiger charge is 2.07. The van der Waals surface area contributed by atoms with Gasteiger partial charge >= 0.3 is 6.03 Å². The fraction of sp³-hybridized carbons (Fsp3) is 0.158. The predicted molar refractivity (Wildman–Crippen MR) is 103 cm³/mol. The van der Waals surface area contributed by atoms with Crippen molar-refractivity contribution in [1.82, 2.24) is 15.5 Å². The number of hydrogen-bond acceptors (Lipinski definition) is 4. The SMILES string of the molecule is CNC(=O)Nc1ccc(Nc2cc(-c3ccc(OC)cc3)[nH]n2)c(C)c1. The number of methoxy groups -OCH3 is 1. The van der Waals surface area contributed by atoms with E-state index in [0.717, 1.165) is 33.9 Å². The molecule has 0 saturated carbocycles. The van der Waals surface area contributed by atoms with Crippen LogP contribution in [0.4, 0.5) is 22.0 Å². The van der Waals surface area contributed by atoms with Crippen LogP contribution in [0.3, 0.4) is 0 Å². The van der Waals surface area contributed by atoms with Crippen molar-refractivity contribution in [2.75, 3.05) is 24.8 Å². The Morgan fingerprint density at radius 1 is 1.12 bits per heavy atom. The number of amides is 2. The number of benzene rings is 2. The molecule has 26 heavy (non-hydrogen) atoms. The van der Waals surface area contributed by atoms with Crippen LogP contribution in [0.1, 0.15) is 5.56 Å². The summed E-state index contributed by atoms with van der Waals surface area (Å²) in [7, 11) is 3.22. The molecule has 7 nitrogen and oxygen atoms in total. The molecule has 3 rings (SSSR count). The van der Waals surface area contributed by atoms with Crippen LogP contribution in [-0.2, 0) is 0 Å². The lowest BCUT2D eigenvalue weighted by molar-refractivity contribution is 0.254. The molecule has 0 aliphatic rings. The van der Waals surface area contributed by atoms with Crippen molar-refractivity contribution in [2.24, 2.45) is 0 Å². The van der Waals surface area contributed by atoms with E-state index in [1.165, 1.54) is 0 Å². The fourth-order valence-electron chi connectivity index (χ4n) is 2.52. The van der Waals surface area contributed by atoms with Gasteiger partial charge in [-0.15, -0.1) is 0 Å². The minimum absolute atomic E-state index is 0.249. The molecule has 7 heteroatoms. The van der Waals surface area contributed by atoms with E-state index < -0.39 is 0 Å². The molecule has 2 aromatic carbocycles. The third kappa shape index (κ3) is 3.94. The number of anilines is 3. The van der Waals surface area contributed by atoms with Crippen LogP contribution < -0.4 is 20.7 Å². The maximum atomic E-state index is 11.4. The molecule has 3 aromatic rings. The lowest BCUT2D eigenvalue weighted by atomic mass is 10.1. The molecule has 2 amide bonds. The van der Waals surface area contributed by atoms with Crippen molar-refractivity contribution in [3.63, 3.8) is 0 Å². The van der Waals surface area contributed by atoms with E-state index in [1.807, 2.05) is 55.5 Å². The lowest BCUT2D eigenvalue weighted by Gasteiger charge is -2.10. The van der Waals surface area contributed by atoms with E-state index >= 15 is 0 Å². The van der Waals surface area contributed by atoms with Crippen molar-refractivity contribution in [3.05, 3.63) is 54.1 Å². The molecule has 0 spiro atoms. The Kier molecular flexibility index (Phi) is 5.07. The van der Waals surface area contributed by atoms with Crippen molar-refractivity contribution in [3.8, 4) is 17.0 Å². The van der Waals surface area contributed by atoms with Gasteiger partial charge in [-0.2, -0.15) is 5.10 Å². The molecule has 0 bridgehead atoms. The summed E-state index contributed by atoms with van der Waals surface area (Å²) in [6.07, 6.45) is 0. The van der Waals surface area contributed by atoms with E-state index in [-0.39, 0.29) is 6.03 Å². The zero-order chi connectivity index (χ0) is 18.5. The summed E-state index contributed by atoms with van der Waals surface area (Å²) in [5.41, 5.74) is 4.57. The number of urea groups is 1. The normalized spacial score (nSPS) is 10.3. The van der Waals surface area contributed by atoms with Crippen LogP contribution in [0, 0.1) is 6.92 Å². The van der Waals surface area contributed by atoms with Gasteiger partial charge in [-0.1, -0.05) is 0 Å². The molecule has 0 aliphatic carbocycles. The minimum atomic E-state index is -0.249. The number of aromatic nitrogens is 2. The average Bonchev–Trinajstić information content (AvgIpc) is 3.12. The summed E-state index contributed by atoms with van der Waals surface area (Å²) in [5, 5.41) is 15.9. The van der Waals surface area contributed by atoms with Gasteiger partial charge in [0.1, 0.15) is 5.75 Å². The number of ether oxygens (including phenoxy) is 1. The highest BCUT2D eigenvalue weighted by Crippen LogP contribution is 2.26. The molecule has 0 fully saturated rings. The summed E-state index contributed by atoms with van der Waals surface area (Å²) in [4.78, 5) is 11.4. The van der Waals surface area contributed by atoms with Crippen LogP contribution in [-0.4, -0.2) is 30.4 Å². The summed E-state index contributed by atoms with van der Waals surface area (Å²) in [5.74, 6) is 1.53. The number of nitrogens with zero attached hydrogens (tertiary/aromatic N) is 1. The Morgan fingerprint density at radius 3 is 2.54 bits per heavy atom. The van der Waals surface area contributed by atoms with Gasteiger partial charge in [0.15, 0.2) is 5.82 Å². The molecule has 0 radical (unpaired) electrons. The van der Waals surface area contributed by atoms with Gasteiger partial charge in [0.05, 0.1) is 12.8 Å². The van der Waals surface area contributed by atoms with Crippen molar-refractivity contribution in [2.45, 2.75) is 6.92 Å². The number of H-pyrrole nitrogens is 1. The third-order valence-electron chi connectivity index (χ3n) is 3.95. The molecular formula is C19H21N5O2. The van der Waals surface area contributed by atoms with Gasteiger partial charge in [-0.25, -0.2) is 4.79 Å². The smallest absolute Gasteiger partial charge is 0.318 e. The standard InChI is InChI=1S/C19H21N5O2/c1-12-10-14(21-19(25)20-2)6-9-16(12)22-18-11-17(23-24-18)13-4-7-15(26-3)8-5-13/h4-11H,1-3H3,(H2,20,21,25)(H2,22,23,24). The maximum absolute atomic E-state index is 11.4. The Bertz CT molecular complexity index is 903. The van der Waals surface area contributed by atoms with Crippen molar-refractivity contribution >= 4 is 23.2 Å². The number of carbonyl (C=O) groups is 1. The highest BCUT2D eigenvalue weighted by atomic mass is 16.5. The van der Waals surface area contributed by atoms with Crippen LogP contribution in [0.15, 0.2) is 48.5 Å². The van der Waals surface area contributed by atoms with Gasteiger partial charge in [0, 0.05) is 24.5 Å². The topological polar surface area (TPSA) is 91.1 Å². The first kappa shape index (κ1) is 17.3. The first-order chi connectivity index (χ1) is 12.6. The van der Waals surface area contributed by atoms with Crippen LogP contribution in [0.5, 0.6) is 5.75 Å². The molecule has 4 N–H and O–H groups in total. The summed E-state index contributed by atoms with van der Waals surface area (Å²) in [6, 6.07) is 15.1. The number of hydrogen-bond donors (Lipinski definition) is 4. The predicted octanol–water partition coefficient (Wildman–Crippen LogP) is 3.89. The van der Waals surface area contributed by atoms with Gasteiger partial charge < -0.3 is 20.7 Å². The fourth-order valence-corrected chi connectivity index (χ4v) is 2.52. The average molecular weight is 351 g/mol. The zero-order valence-electron chi connectivity index (χ0n) is 14.9. The Morgan fingerprint density at radius 2 is 1.88 bits per heavy atom. The van der Waals surface area contributed by atoms with Crippen molar-refractivity contribution in [1.29, 1.82) is 0 Å². The maximum Gasteiger partial charge on any atom is 0.318 e. The van der Waals surface area contributed by atoms with Crippen LogP contribution in [0.2, 0.25) is 0 Å². The van der Waals surface area contributed by atoms with Gasteiger partial charge in [-0.3, -0.25) is 5.10 Å². The lowest BCUT2D eigenvalue weighted by Crippen LogP contribution is -2.24. The summed E-state index contributed by atoms with van der Waals surface area (Å²) < 4.78 is 5.17. The molecule has 0 saturated heterocycles. The summed E-state index contributed by atoms with van der Waals surface area (Å²) >= 11 is 0. The molecule has 0 aliphatic heterocycles. The van der Waals surface area contributed by atoms with E-state index in [1.54, 1.807) is 14.2 Å². The van der Waals surface area contributed by atoms with Gasteiger partial charge in [0.25, 0.3) is 0 Å². The number of aromatic amines is 1. The Balaban J connectivity index is 1.73. The first-order valence-electron chi connectivity index (χ1n) is 8.15. The van der Waals surface area contributed by atoms with E-state index in [2.05, 4.69) is 26.1 Å². The molecular weight excluding hydrogens is 330 g/mol. The van der Waals surface area contributed by atoms with Crippen molar-refractivity contribution < 1.29 is 9.53 Å². The minimum Gasteiger partial charge on any atom is -0.497 e. The molecule has 0 unspecified atom stereocenters. The first-order valence-corrected chi connectivity index (χ1v) is 8.15. The molecule has 0 atom stereocenters.